The number of carbonyl (C=O) groups excluding carboxylic acids is 3. The first-order valence-corrected chi connectivity index (χ1v) is 14.3. The predicted molar refractivity (Wildman–Crippen MR) is 161 cm³/mol. The van der Waals surface area contributed by atoms with Crippen molar-refractivity contribution in [3.8, 4) is 17.2 Å². The van der Waals surface area contributed by atoms with Crippen LogP contribution >= 0.6 is 0 Å². The van der Waals surface area contributed by atoms with Crippen molar-refractivity contribution in [3.63, 3.8) is 0 Å². The Kier molecular flexibility index (Phi) is 7.86. The minimum absolute atomic E-state index is 0.0271. The number of halogens is 2. The van der Waals surface area contributed by atoms with E-state index in [0.29, 0.717) is 78.5 Å². The SMILES string of the molecule is COc1cc2c(Oc3ccc(NC(=O)C4(C(=O)Nc5ccc(F)cc5)CC4)cc3)ccnc2c(F)c1N1CCC(C=O)CC1. The van der Waals surface area contributed by atoms with Crippen molar-refractivity contribution in [2.45, 2.75) is 25.7 Å². The molecule has 0 bridgehead atoms. The first-order chi connectivity index (χ1) is 21.3. The number of rotatable bonds is 9. The molecule has 2 amide bonds. The van der Waals surface area contributed by atoms with Gasteiger partial charge in [-0.15, -0.1) is 0 Å². The first-order valence-electron chi connectivity index (χ1n) is 14.3. The first kappa shape index (κ1) is 29.0. The highest BCUT2D eigenvalue weighted by atomic mass is 19.1. The quantitative estimate of drug-likeness (QED) is 0.177. The van der Waals surface area contributed by atoms with E-state index in [9.17, 15) is 18.8 Å². The van der Waals surface area contributed by atoms with Crippen molar-refractivity contribution in [2.24, 2.45) is 11.3 Å². The molecule has 2 fully saturated rings. The van der Waals surface area contributed by atoms with E-state index in [1.807, 2.05) is 4.90 Å². The highest BCUT2D eigenvalue weighted by Gasteiger charge is 2.56. The number of aldehydes is 1. The summed E-state index contributed by atoms with van der Waals surface area (Å²) in [5.74, 6) is -0.703. The molecular weight excluding hydrogens is 570 g/mol. The zero-order chi connectivity index (χ0) is 30.8. The molecule has 11 heteroatoms. The third kappa shape index (κ3) is 5.64. The molecule has 0 unspecified atom stereocenters. The van der Waals surface area contributed by atoms with Gasteiger partial charge in [-0.25, -0.2) is 8.78 Å². The maximum absolute atomic E-state index is 15.9. The Labute approximate surface area is 252 Å². The number of nitrogens with one attached hydrogen (secondary N) is 2. The number of fused-ring (bicyclic) bond motifs is 1. The maximum Gasteiger partial charge on any atom is 0.240 e. The van der Waals surface area contributed by atoms with Crippen LogP contribution in [-0.4, -0.2) is 43.3 Å². The molecule has 2 N–H and O–H groups in total. The fourth-order valence-corrected chi connectivity index (χ4v) is 5.44. The van der Waals surface area contributed by atoms with Gasteiger partial charge in [-0.2, -0.15) is 0 Å². The molecule has 0 spiro atoms. The minimum atomic E-state index is -1.19. The van der Waals surface area contributed by atoms with Crippen molar-refractivity contribution in [3.05, 3.63) is 78.5 Å². The monoisotopic (exact) mass is 600 g/mol. The molecule has 2 aliphatic rings. The summed E-state index contributed by atoms with van der Waals surface area (Å²) >= 11 is 0. The predicted octanol–water partition coefficient (Wildman–Crippen LogP) is 6.09. The number of anilines is 3. The van der Waals surface area contributed by atoms with Gasteiger partial charge in [-0.3, -0.25) is 14.6 Å². The van der Waals surface area contributed by atoms with Crippen molar-refractivity contribution in [1.29, 1.82) is 0 Å². The molecule has 1 aromatic heterocycles. The van der Waals surface area contributed by atoms with Gasteiger partial charge in [0.2, 0.25) is 11.8 Å². The zero-order valence-electron chi connectivity index (χ0n) is 23.9. The lowest BCUT2D eigenvalue weighted by molar-refractivity contribution is -0.131. The fourth-order valence-electron chi connectivity index (χ4n) is 5.44. The molecule has 226 valence electrons. The molecule has 44 heavy (non-hydrogen) atoms. The number of hydrogen-bond acceptors (Lipinski definition) is 7. The average Bonchev–Trinajstić information content (AvgIpc) is 3.86. The highest BCUT2D eigenvalue weighted by molar-refractivity contribution is 6.16. The van der Waals surface area contributed by atoms with Crippen LogP contribution in [0.15, 0.2) is 66.9 Å². The molecule has 1 saturated carbocycles. The number of piperidine rings is 1. The lowest BCUT2D eigenvalue weighted by atomic mass is 9.97. The van der Waals surface area contributed by atoms with Crippen molar-refractivity contribution in [2.75, 3.05) is 35.7 Å². The number of methoxy groups -OCH3 is 1. The standard InChI is InChI=1S/C33H30F2N4O5/c1-43-27-18-25-26(10-15-36-29(25)28(35)30(27)39-16-11-20(19-40)12-17-39)44-24-8-6-23(7-9-24)38-32(42)33(13-14-33)31(41)37-22-4-2-21(34)3-5-22/h2-10,15,18-20H,11-14,16-17H2,1H3,(H,37,41)(H,38,42). The van der Waals surface area contributed by atoms with E-state index in [0.717, 1.165) is 6.29 Å². The minimum Gasteiger partial charge on any atom is -0.494 e. The van der Waals surface area contributed by atoms with Crippen LogP contribution < -0.4 is 25.0 Å². The Bertz CT molecular complexity index is 1720. The Morgan fingerprint density at radius 2 is 1.55 bits per heavy atom. The highest BCUT2D eigenvalue weighted by Crippen LogP contribution is 2.48. The molecule has 1 aliphatic heterocycles. The van der Waals surface area contributed by atoms with E-state index >= 15 is 4.39 Å². The second kappa shape index (κ2) is 11.9. The lowest BCUT2D eigenvalue weighted by Crippen LogP contribution is -2.35. The molecule has 6 rings (SSSR count). The van der Waals surface area contributed by atoms with Crippen LogP contribution in [0, 0.1) is 23.0 Å². The summed E-state index contributed by atoms with van der Waals surface area (Å²) in [7, 11) is 1.48. The van der Waals surface area contributed by atoms with E-state index in [-0.39, 0.29) is 11.4 Å². The largest absolute Gasteiger partial charge is 0.494 e. The van der Waals surface area contributed by atoms with Crippen LogP contribution in [0.4, 0.5) is 25.8 Å². The number of ether oxygens (including phenoxy) is 2. The Morgan fingerprint density at radius 1 is 0.932 bits per heavy atom. The summed E-state index contributed by atoms with van der Waals surface area (Å²) in [5.41, 5.74) is 0.139. The summed E-state index contributed by atoms with van der Waals surface area (Å²) in [6, 6.07) is 15.3. The van der Waals surface area contributed by atoms with Gasteiger partial charge in [0, 0.05) is 42.0 Å². The summed E-state index contributed by atoms with van der Waals surface area (Å²) in [6.45, 7) is 1.06. The fraction of sp³-hybridized carbons (Fsp3) is 0.273. The van der Waals surface area contributed by atoms with Gasteiger partial charge in [0.1, 0.15) is 46.0 Å². The van der Waals surface area contributed by atoms with E-state index in [2.05, 4.69) is 15.6 Å². The molecular formula is C33H30F2N4O5. The van der Waals surface area contributed by atoms with Gasteiger partial charge in [0.25, 0.3) is 0 Å². The normalized spacial score (nSPS) is 15.8. The van der Waals surface area contributed by atoms with Crippen molar-refractivity contribution >= 4 is 46.1 Å². The second-order valence-corrected chi connectivity index (χ2v) is 11.0. The maximum atomic E-state index is 15.9. The van der Waals surface area contributed by atoms with Gasteiger partial charge < -0.3 is 29.8 Å². The molecule has 2 heterocycles. The smallest absolute Gasteiger partial charge is 0.240 e. The van der Waals surface area contributed by atoms with Crippen LogP contribution in [0.25, 0.3) is 10.9 Å². The van der Waals surface area contributed by atoms with Crippen LogP contribution in [0.1, 0.15) is 25.7 Å². The Balaban J connectivity index is 1.16. The lowest BCUT2D eigenvalue weighted by Gasteiger charge is -2.32. The van der Waals surface area contributed by atoms with Gasteiger partial charge in [-0.1, -0.05) is 0 Å². The third-order valence-corrected chi connectivity index (χ3v) is 8.20. The van der Waals surface area contributed by atoms with Crippen LogP contribution in [0.5, 0.6) is 17.2 Å². The number of aromatic nitrogens is 1. The van der Waals surface area contributed by atoms with Crippen LogP contribution in [-0.2, 0) is 14.4 Å². The molecule has 4 aromatic rings. The number of pyridine rings is 1. The number of amides is 2. The average molecular weight is 601 g/mol. The van der Waals surface area contributed by atoms with Gasteiger partial charge in [0.05, 0.1) is 7.11 Å². The van der Waals surface area contributed by atoms with Gasteiger partial charge >= 0.3 is 0 Å². The van der Waals surface area contributed by atoms with E-state index in [4.69, 9.17) is 9.47 Å². The summed E-state index contributed by atoms with van der Waals surface area (Å²) in [5, 5.41) is 5.90. The molecule has 3 aromatic carbocycles. The van der Waals surface area contributed by atoms with E-state index < -0.39 is 28.9 Å². The number of carbonyl (C=O) groups is 3. The summed E-state index contributed by atoms with van der Waals surface area (Å²) < 4.78 is 40.7. The molecule has 9 nitrogen and oxygen atoms in total. The zero-order valence-corrected chi connectivity index (χ0v) is 23.9. The van der Waals surface area contributed by atoms with Gasteiger partial charge in [0.15, 0.2) is 5.82 Å². The van der Waals surface area contributed by atoms with E-state index in [1.54, 1.807) is 36.4 Å². The molecule has 1 aliphatic carbocycles. The number of nitrogens with zero attached hydrogens (tertiary/aromatic N) is 2. The molecule has 1 saturated heterocycles. The molecule has 0 atom stereocenters. The molecule has 0 radical (unpaired) electrons. The number of hydrogen-bond donors (Lipinski definition) is 2. The number of benzene rings is 3. The summed E-state index contributed by atoms with van der Waals surface area (Å²) in [4.78, 5) is 43.2. The second-order valence-electron chi connectivity index (χ2n) is 11.0. The summed E-state index contributed by atoms with van der Waals surface area (Å²) in [6.07, 6.45) is 4.51. The van der Waals surface area contributed by atoms with Crippen LogP contribution in [0.3, 0.4) is 0 Å². The third-order valence-electron chi connectivity index (χ3n) is 8.20. The van der Waals surface area contributed by atoms with E-state index in [1.165, 1.54) is 37.6 Å². The van der Waals surface area contributed by atoms with Gasteiger partial charge in [-0.05, 0) is 86.3 Å². The van der Waals surface area contributed by atoms with Crippen LogP contribution in [0.2, 0.25) is 0 Å². The Hall–Kier alpha value is -5.06. The topological polar surface area (TPSA) is 110 Å². The van der Waals surface area contributed by atoms with Crippen molar-refractivity contribution < 1.29 is 32.6 Å². The van der Waals surface area contributed by atoms with Crippen molar-refractivity contribution in [1.82, 2.24) is 4.98 Å². The Morgan fingerprint density at radius 3 is 2.11 bits per heavy atom.